The standard InChI is InChI=1S/C21H20O4/c1-4-24-20(22)17-12-15-11-10-14-8-6-7-9-16(14)19(15)18(13(17)3)21(23)25-5-2/h6-12H,4-5H2,1-3H3. The van der Waals surface area contributed by atoms with E-state index in [1.165, 1.54) is 0 Å². The number of carbonyl (C=O) groups is 2. The van der Waals surface area contributed by atoms with Crippen LogP contribution in [-0.4, -0.2) is 25.2 Å². The highest BCUT2D eigenvalue weighted by Crippen LogP contribution is 2.33. The lowest BCUT2D eigenvalue weighted by Gasteiger charge is -2.15. The van der Waals surface area contributed by atoms with Crippen LogP contribution in [0.2, 0.25) is 0 Å². The molecule has 4 heteroatoms. The molecule has 0 saturated heterocycles. The molecule has 0 spiro atoms. The third-order valence-electron chi connectivity index (χ3n) is 4.27. The molecule has 0 fully saturated rings. The van der Waals surface area contributed by atoms with E-state index in [1.54, 1.807) is 26.8 Å². The van der Waals surface area contributed by atoms with E-state index in [1.807, 2.05) is 36.4 Å². The Hall–Kier alpha value is -2.88. The molecule has 4 nitrogen and oxygen atoms in total. The average molecular weight is 336 g/mol. The number of rotatable bonds is 4. The molecule has 0 bridgehead atoms. The summed E-state index contributed by atoms with van der Waals surface area (Å²) in [6.07, 6.45) is 0. The van der Waals surface area contributed by atoms with Crippen LogP contribution in [0.3, 0.4) is 0 Å². The van der Waals surface area contributed by atoms with E-state index < -0.39 is 11.9 Å². The summed E-state index contributed by atoms with van der Waals surface area (Å²) in [5, 5.41) is 3.61. The van der Waals surface area contributed by atoms with Crippen LogP contribution in [0.15, 0.2) is 42.5 Å². The Morgan fingerprint density at radius 2 is 1.52 bits per heavy atom. The number of ether oxygens (including phenoxy) is 2. The van der Waals surface area contributed by atoms with E-state index in [0.29, 0.717) is 16.7 Å². The summed E-state index contributed by atoms with van der Waals surface area (Å²) in [7, 11) is 0. The molecule has 0 aliphatic carbocycles. The highest BCUT2D eigenvalue weighted by molar-refractivity contribution is 6.19. The van der Waals surface area contributed by atoms with Crippen LogP contribution in [0.25, 0.3) is 21.5 Å². The van der Waals surface area contributed by atoms with Crippen molar-refractivity contribution in [2.24, 2.45) is 0 Å². The third-order valence-corrected chi connectivity index (χ3v) is 4.27. The molecule has 3 aromatic carbocycles. The van der Waals surface area contributed by atoms with Crippen molar-refractivity contribution >= 4 is 33.5 Å². The van der Waals surface area contributed by atoms with Crippen LogP contribution in [0.1, 0.15) is 40.1 Å². The van der Waals surface area contributed by atoms with Crippen molar-refractivity contribution in [3.8, 4) is 0 Å². The van der Waals surface area contributed by atoms with E-state index in [0.717, 1.165) is 21.5 Å². The highest BCUT2D eigenvalue weighted by Gasteiger charge is 2.23. The Morgan fingerprint density at radius 1 is 0.880 bits per heavy atom. The van der Waals surface area contributed by atoms with Gasteiger partial charge >= 0.3 is 11.9 Å². The van der Waals surface area contributed by atoms with Gasteiger partial charge in [0.05, 0.1) is 24.3 Å². The first-order valence-corrected chi connectivity index (χ1v) is 8.37. The van der Waals surface area contributed by atoms with Crippen LogP contribution in [0.5, 0.6) is 0 Å². The lowest BCUT2D eigenvalue weighted by atomic mass is 9.91. The largest absolute Gasteiger partial charge is 0.462 e. The Morgan fingerprint density at radius 3 is 2.24 bits per heavy atom. The van der Waals surface area contributed by atoms with Crippen LogP contribution in [0.4, 0.5) is 0 Å². The van der Waals surface area contributed by atoms with Crippen molar-refractivity contribution in [2.75, 3.05) is 13.2 Å². The Labute approximate surface area is 146 Å². The summed E-state index contributed by atoms with van der Waals surface area (Å²) >= 11 is 0. The molecule has 0 aromatic heterocycles. The number of esters is 2. The molecule has 25 heavy (non-hydrogen) atoms. The fourth-order valence-electron chi connectivity index (χ4n) is 3.15. The average Bonchev–Trinajstić information content (AvgIpc) is 2.61. The van der Waals surface area contributed by atoms with E-state index >= 15 is 0 Å². The van der Waals surface area contributed by atoms with Crippen molar-refractivity contribution < 1.29 is 19.1 Å². The van der Waals surface area contributed by atoms with E-state index in [9.17, 15) is 9.59 Å². The molecule has 0 N–H and O–H groups in total. The van der Waals surface area contributed by atoms with Gasteiger partial charge in [0.1, 0.15) is 0 Å². The van der Waals surface area contributed by atoms with Gasteiger partial charge in [0.15, 0.2) is 0 Å². The van der Waals surface area contributed by atoms with Crippen molar-refractivity contribution in [3.05, 3.63) is 59.2 Å². The second-order valence-electron chi connectivity index (χ2n) is 5.75. The zero-order valence-corrected chi connectivity index (χ0v) is 14.6. The molecular weight excluding hydrogens is 316 g/mol. The van der Waals surface area contributed by atoms with Gasteiger partial charge in [-0.2, -0.15) is 0 Å². The third kappa shape index (κ3) is 2.95. The van der Waals surface area contributed by atoms with Gasteiger partial charge in [-0.15, -0.1) is 0 Å². The SMILES string of the molecule is CCOC(=O)c1cc2ccc3ccccc3c2c(C(=O)OCC)c1C. The summed E-state index contributed by atoms with van der Waals surface area (Å²) in [4.78, 5) is 25.0. The lowest BCUT2D eigenvalue weighted by Crippen LogP contribution is -2.13. The van der Waals surface area contributed by atoms with Crippen molar-refractivity contribution in [1.82, 2.24) is 0 Å². The molecule has 0 amide bonds. The molecule has 0 saturated carbocycles. The number of hydrogen-bond acceptors (Lipinski definition) is 4. The Balaban J connectivity index is 2.41. The van der Waals surface area contributed by atoms with Gasteiger partial charge in [0.25, 0.3) is 0 Å². The number of carbonyl (C=O) groups excluding carboxylic acids is 2. The molecular formula is C21H20O4. The van der Waals surface area contributed by atoms with Crippen LogP contribution < -0.4 is 0 Å². The second kappa shape index (κ2) is 6.93. The lowest BCUT2D eigenvalue weighted by molar-refractivity contribution is 0.0525. The summed E-state index contributed by atoms with van der Waals surface area (Å²) < 4.78 is 10.4. The maximum atomic E-state index is 12.7. The first kappa shape index (κ1) is 17.0. The molecule has 0 aliphatic rings. The first-order valence-electron chi connectivity index (χ1n) is 8.37. The summed E-state index contributed by atoms with van der Waals surface area (Å²) in [5.41, 5.74) is 1.41. The van der Waals surface area contributed by atoms with Gasteiger partial charge in [-0.05, 0) is 48.6 Å². The van der Waals surface area contributed by atoms with Gasteiger partial charge in [0.2, 0.25) is 0 Å². The fourth-order valence-corrected chi connectivity index (χ4v) is 3.15. The quantitative estimate of drug-likeness (QED) is 0.514. The summed E-state index contributed by atoms with van der Waals surface area (Å²) in [6, 6.07) is 13.6. The van der Waals surface area contributed by atoms with Crippen molar-refractivity contribution in [3.63, 3.8) is 0 Å². The van der Waals surface area contributed by atoms with Gasteiger partial charge in [-0.25, -0.2) is 9.59 Å². The minimum atomic E-state index is -0.430. The summed E-state index contributed by atoms with van der Waals surface area (Å²) in [5.74, 6) is -0.854. The minimum Gasteiger partial charge on any atom is -0.462 e. The number of hydrogen-bond donors (Lipinski definition) is 0. The van der Waals surface area contributed by atoms with Crippen LogP contribution >= 0.6 is 0 Å². The molecule has 3 rings (SSSR count). The predicted molar refractivity (Wildman–Crippen MR) is 98.1 cm³/mol. The maximum absolute atomic E-state index is 12.7. The second-order valence-corrected chi connectivity index (χ2v) is 5.75. The molecule has 0 atom stereocenters. The predicted octanol–water partition coefficient (Wildman–Crippen LogP) is 4.65. The van der Waals surface area contributed by atoms with Crippen molar-refractivity contribution in [2.45, 2.75) is 20.8 Å². The molecule has 0 radical (unpaired) electrons. The Kier molecular flexibility index (Phi) is 4.70. The number of benzene rings is 3. The van der Waals surface area contributed by atoms with Gasteiger partial charge in [0, 0.05) is 5.39 Å². The maximum Gasteiger partial charge on any atom is 0.339 e. The zero-order chi connectivity index (χ0) is 18.0. The molecule has 3 aromatic rings. The molecule has 0 aliphatic heterocycles. The van der Waals surface area contributed by atoms with Gasteiger partial charge < -0.3 is 9.47 Å². The van der Waals surface area contributed by atoms with Gasteiger partial charge in [-0.1, -0.05) is 36.4 Å². The molecule has 0 unspecified atom stereocenters. The first-order chi connectivity index (χ1) is 12.1. The minimum absolute atomic E-state index is 0.272. The monoisotopic (exact) mass is 336 g/mol. The molecule has 128 valence electrons. The van der Waals surface area contributed by atoms with Gasteiger partial charge in [-0.3, -0.25) is 0 Å². The number of fused-ring (bicyclic) bond motifs is 3. The fraction of sp³-hybridized carbons (Fsp3) is 0.238. The Bertz CT molecular complexity index is 972. The van der Waals surface area contributed by atoms with E-state index in [4.69, 9.17) is 9.47 Å². The smallest absolute Gasteiger partial charge is 0.339 e. The van der Waals surface area contributed by atoms with E-state index in [-0.39, 0.29) is 13.2 Å². The molecule has 0 heterocycles. The van der Waals surface area contributed by atoms with E-state index in [2.05, 4.69) is 0 Å². The summed E-state index contributed by atoms with van der Waals surface area (Å²) in [6.45, 7) is 5.84. The topological polar surface area (TPSA) is 52.6 Å². The van der Waals surface area contributed by atoms with Crippen LogP contribution in [-0.2, 0) is 9.47 Å². The van der Waals surface area contributed by atoms with Crippen LogP contribution in [0, 0.1) is 6.92 Å². The highest BCUT2D eigenvalue weighted by atomic mass is 16.5. The zero-order valence-electron chi connectivity index (χ0n) is 14.6. The normalized spacial score (nSPS) is 10.8. The van der Waals surface area contributed by atoms with Crippen molar-refractivity contribution in [1.29, 1.82) is 0 Å².